The van der Waals surface area contributed by atoms with Gasteiger partial charge in [-0.15, -0.1) is 0 Å². The highest BCUT2D eigenvalue weighted by Crippen LogP contribution is 2.27. The molecule has 0 spiro atoms. The van der Waals surface area contributed by atoms with Crippen molar-refractivity contribution in [2.45, 2.75) is 25.7 Å². The first-order valence-corrected chi connectivity index (χ1v) is 8.32. The fourth-order valence-corrected chi connectivity index (χ4v) is 3.53. The zero-order valence-corrected chi connectivity index (χ0v) is 13.6. The van der Waals surface area contributed by atoms with Gasteiger partial charge in [-0.3, -0.25) is 9.89 Å². The topological polar surface area (TPSA) is 85.6 Å². The summed E-state index contributed by atoms with van der Waals surface area (Å²) in [5.41, 5.74) is 4.98. The number of para-hydroxylation sites is 1. The molecule has 6 nitrogen and oxygen atoms in total. The van der Waals surface area contributed by atoms with E-state index < -0.39 is 0 Å². The van der Waals surface area contributed by atoms with Crippen molar-refractivity contribution in [3.8, 4) is 0 Å². The van der Waals surface area contributed by atoms with E-state index in [4.69, 9.17) is 0 Å². The number of benzene rings is 1. The van der Waals surface area contributed by atoms with Crippen molar-refractivity contribution >= 4 is 22.5 Å². The summed E-state index contributed by atoms with van der Waals surface area (Å²) < 4.78 is 0. The Morgan fingerprint density at radius 1 is 1.38 bits per heavy atom. The predicted molar refractivity (Wildman–Crippen MR) is 94.2 cm³/mol. The number of hydrogen-bond acceptors (Lipinski definition) is 3. The number of carbonyl (C=O) groups is 1. The number of rotatable bonds is 4. The molecule has 1 amide bonds. The van der Waals surface area contributed by atoms with Gasteiger partial charge in [0.05, 0.1) is 24.0 Å². The molecule has 1 unspecified atom stereocenters. The van der Waals surface area contributed by atoms with Crippen LogP contribution in [0, 0.1) is 6.92 Å². The van der Waals surface area contributed by atoms with Gasteiger partial charge in [0.1, 0.15) is 0 Å². The maximum absolute atomic E-state index is 12.6. The van der Waals surface area contributed by atoms with Gasteiger partial charge in [-0.25, -0.2) is 0 Å². The number of carbonyl (C=O) groups excluding carboxylic acids is 1. The van der Waals surface area contributed by atoms with Crippen LogP contribution in [0.4, 0.5) is 5.69 Å². The number of aromatic amines is 2. The molecule has 1 aliphatic heterocycles. The molecule has 6 heteroatoms. The molecule has 24 heavy (non-hydrogen) atoms. The van der Waals surface area contributed by atoms with Crippen LogP contribution in [0.5, 0.6) is 0 Å². The molecule has 3 heterocycles. The number of aryl methyl sites for hydroxylation is 1. The second-order valence-corrected chi connectivity index (χ2v) is 6.39. The van der Waals surface area contributed by atoms with E-state index in [9.17, 15) is 4.79 Å². The lowest BCUT2D eigenvalue weighted by Gasteiger charge is -2.10. The SMILES string of the molecule is Cc1[nH]c2ccccc2c1CC(=O)Nc1cn[nH]c1C1CCNC1. The van der Waals surface area contributed by atoms with E-state index in [-0.39, 0.29) is 5.91 Å². The molecule has 0 saturated carbocycles. The van der Waals surface area contributed by atoms with Crippen molar-refractivity contribution in [1.82, 2.24) is 20.5 Å². The standard InChI is InChI=1S/C18H21N5O/c1-11-14(13-4-2-3-5-15(13)21-11)8-17(24)22-16-10-20-23-18(16)12-6-7-19-9-12/h2-5,10,12,19,21H,6-9H2,1H3,(H,20,23)(H,22,24). The summed E-state index contributed by atoms with van der Waals surface area (Å²) in [5, 5.41) is 14.6. The zero-order valence-electron chi connectivity index (χ0n) is 13.6. The molecule has 3 aromatic rings. The van der Waals surface area contributed by atoms with Gasteiger partial charge < -0.3 is 15.6 Å². The summed E-state index contributed by atoms with van der Waals surface area (Å²) in [6.45, 7) is 3.94. The van der Waals surface area contributed by atoms with Gasteiger partial charge in [0.25, 0.3) is 0 Å². The number of nitrogens with zero attached hydrogens (tertiary/aromatic N) is 1. The summed E-state index contributed by atoms with van der Waals surface area (Å²) in [6.07, 6.45) is 3.11. The largest absolute Gasteiger partial charge is 0.358 e. The number of H-pyrrole nitrogens is 2. The molecule has 1 atom stereocenters. The van der Waals surface area contributed by atoms with Crippen LogP contribution < -0.4 is 10.6 Å². The van der Waals surface area contributed by atoms with E-state index in [2.05, 4.69) is 31.9 Å². The molecular formula is C18H21N5O. The van der Waals surface area contributed by atoms with Crippen molar-refractivity contribution < 1.29 is 4.79 Å². The second-order valence-electron chi connectivity index (χ2n) is 6.39. The van der Waals surface area contributed by atoms with Gasteiger partial charge in [-0.05, 0) is 31.5 Å². The Labute approximate surface area is 140 Å². The third-order valence-corrected chi connectivity index (χ3v) is 4.78. The Morgan fingerprint density at radius 2 is 2.25 bits per heavy atom. The Balaban J connectivity index is 1.53. The summed E-state index contributed by atoms with van der Waals surface area (Å²) in [4.78, 5) is 15.9. The van der Waals surface area contributed by atoms with Crippen molar-refractivity contribution in [3.05, 3.63) is 47.4 Å². The molecular weight excluding hydrogens is 302 g/mol. The van der Waals surface area contributed by atoms with E-state index in [1.54, 1.807) is 6.20 Å². The van der Waals surface area contributed by atoms with Crippen molar-refractivity contribution in [2.24, 2.45) is 0 Å². The monoisotopic (exact) mass is 323 g/mol. The quantitative estimate of drug-likeness (QED) is 0.595. The predicted octanol–water partition coefficient (Wildman–Crippen LogP) is 2.46. The minimum atomic E-state index is -0.0172. The lowest BCUT2D eigenvalue weighted by molar-refractivity contribution is -0.115. The highest BCUT2D eigenvalue weighted by atomic mass is 16.1. The van der Waals surface area contributed by atoms with Gasteiger partial charge in [0, 0.05) is 29.1 Å². The van der Waals surface area contributed by atoms with E-state index in [0.29, 0.717) is 12.3 Å². The molecule has 2 aromatic heterocycles. The lowest BCUT2D eigenvalue weighted by atomic mass is 10.0. The lowest BCUT2D eigenvalue weighted by Crippen LogP contribution is -2.17. The minimum absolute atomic E-state index is 0.0172. The number of hydrogen-bond donors (Lipinski definition) is 4. The molecule has 4 N–H and O–H groups in total. The normalized spacial score (nSPS) is 17.5. The molecule has 1 fully saturated rings. The van der Waals surface area contributed by atoms with Crippen LogP contribution in [0.2, 0.25) is 0 Å². The number of fused-ring (bicyclic) bond motifs is 1. The molecule has 1 aromatic carbocycles. The number of amides is 1. The first-order valence-electron chi connectivity index (χ1n) is 8.32. The zero-order chi connectivity index (χ0) is 16.5. The van der Waals surface area contributed by atoms with Gasteiger partial charge in [0.2, 0.25) is 5.91 Å². The molecule has 124 valence electrons. The van der Waals surface area contributed by atoms with Gasteiger partial charge in [-0.1, -0.05) is 18.2 Å². The van der Waals surface area contributed by atoms with Gasteiger partial charge in [-0.2, -0.15) is 5.10 Å². The maximum Gasteiger partial charge on any atom is 0.228 e. The average molecular weight is 323 g/mol. The van der Waals surface area contributed by atoms with Crippen LogP contribution in [0.1, 0.15) is 29.3 Å². The fourth-order valence-electron chi connectivity index (χ4n) is 3.53. The molecule has 0 radical (unpaired) electrons. The van der Waals surface area contributed by atoms with Crippen LogP contribution in [0.15, 0.2) is 30.5 Å². The van der Waals surface area contributed by atoms with Crippen LogP contribution in [0.3, 0.4) is 0 Å². The maximum atomic E-state index is 12.6. The number of nitrogens with one attached hydrogen (secondary N) is 4. The van der Waals surface area contributed by atoms with Gasteiger partial charge >= 0.3 is 0 Å². The second kappa shape index (κ2) is 6.13. The Hall–Kier alpha value is -2.60. The van der Waals surface area contributed by atoms with Crippen LogP contribution in [-0.2, 0) is 11.2 Å². The van der Waals surface area contributed by atoms with E-state index >= 15 is 0 Å². The highest BCUT2D eigenvalue weighted by Gasteiger charge is 2.22. The van der Waals surface area contributed by atoms with E-state index in [0.717, 1.165) is 53.1 Å². The third kappa shape index (κ3) is 2.69. The summed E-state index contributed by atoms with van der Waals surface area (Å²) in [7, 11) is 0. The third-order valence-electron chi connectivity index (χ3n) is 4.78. The van der Waals surface area contributed by atoms with E-state index in [1.165, 1.54) is 0 Å². The highest BCUT2D eigenvalue weighted by molar-refractivity contribution is 5.96. The fraction of sp³-hybridized carbons (Fsp3) is 0.333. The van der Waals surface area contributed by atoms with Crippen LogP contribution >= 0.6 is 0 Å². The van der Waals surface area contributed by atoms with E-state index in [1.807, 2.05) is 25.1 Å². The smallest absolute Gasteiger partial charge is 0.228 e. The number of aromatic nitrogens is 3. The first-order chi connectivity index (χ1) is 11.7. The Bertz CT molecular complexity index is 873. The molecule has 0 aliphatic carbocycles. The van der Waals surface area contributed by atoms with Crippen molar-refractivity contribution in [1.29, 1.82) is 0 Å². The Morgan fingerprint density at radius 3 is 3.08 bits per heavy atom. The van der Waals surface area contributed by atoms with Crippen molar-refractivity contribution in [2.75, 3.05) is 18.4 Å². The van der Waals surface area contributed by atoms with Crippen molar-refractivity contribution in [3.63, 3.8) is 0 Å². The van der Waals surface area contributed by atoms with Gasteiger partial charge in [0.15, 0.2) is 0 Å². The Kier molecular flexibility index (Phi) is 3.82. The van der Waals surface area contributed by atoms with Crippen LogP contribution in [0.25, 0.3) is 10.9 Å². The summed E-state index contributed by atoms with van der Waals surface area (Å²) in [5.74, 6) is 0.370. The molecule has 1 aliphatic rings. The number of anilines is 1. The average Bonchev–Trinajstić information content (AvgIpc) is 3.28. The summed E-state index contributed by atoms with van der Waals surface area (Å²) in [6, 6.07) is 8.08. The van der Waals surface area contributed by atoms with Crippen LogP contribution in [-0.4, -0.2) is 34.2 Å². The molecule has 4 rings (SSSR count). The summed E-state index contributed by atoms with van der Waals surface area (Å²) >= 11 is 0. The minimum Gasteiger partial charge on any atom is -0.358 e. The molecule has 1 saturated heterocycles. The molecule has 0 bridgehead atoms. The first kappa shape index (κ1) is 15.0.